The molecule has 1 N–H and O–H groups in total. The Morgan fingerprint density at radius 2 is 1.76 bits per heavy atom. The van der Waals surface area contributed by atoms with Gasteiger partial charge in [-0.1, -0.05) is 23.8 Å². The number of benzene rings is 2. The molecule has 156 valence electrons. The maximum absolute atomic E-state index is 13.0. The largest absolute Gasteiger partial charge is 0.338 e. The number of sulfonamides is 1. The van der Waals surface area contributed by atoms with Gasteiger partial charge in [-0.05, 0) is 50.1 Å². The average Bonchev–Trinajstić information content (AvgIpc) is 3.02. The van der Waals surface area contributed by atoms with Crippen LogP contribution in [0.4, 0.5) is 5.69 Å². The van der Waals surface area contributed by atoms with Gasteiger partial charge in [0.25, 0.3) is 15.9 Å². The van der Waals surface area contributed by atoms with Crippen molar-refractivity contribution in [3.8, 4) is 0 Å². The van der Waals surface area contributed by atoms with E-state index >= 15 is 0 Å². The SMILES string of the molecule is Cc1ccc(NS(=O)(=O)c2ccc(C)c(C(=O)N(C)C3CCS(=O)(=O)C3)c2)cc1. The van der Waals surface area contributed by atoms with Crippen LogP contribution in [0.25, 0.3) is 0 Å². The lowest BCUT2D eigenvalue weighted by Gasteiger charge is -2.24. The lowest BCUT2D eigenvalue weighted by atomic mass is 10.1. The summed E-state index contributed by atoms with van der Waals surface area (Å²) in [7, 11) is -5.46. The highest BCUT2D eigenvalue weighted by Crippen LogP contribution is 2.23. The molecule has 9 heteroatoms. The second-order valence-electron chi connectivity index (χ2n) is 7.42. The Morgan fingerprint density at radius 1 is 1.10 bits per heavy atom. The first-order valence-electron chi connectivity index (χ1n) is 9.16. The highest BCUT2D eigenvalue weighted by atomic mass is 32.2. The third-order valence-corrected chi connectivity index (χ3v) is 8.26. The first kappa shape index (κ1) is 21.3. The number of rotatable bonds is 5. The van der Waals surface area contributed by atoms with E-state index in [1.807, 2.05) is 6.92 Å². The Hall–Kier alpha value is -2.39. The molecule has 0 bridgehead atoms. The molecule has 0 aromatic heterocycles. The molecular weight excluding hydrogens is 412 g/mol. The van der Waals surface area contributed by atoms with E-state index in [0.717, 1.165) is 5.56 Å². The van der Waals surface area contributed by atoms with E-state index in [0.29, 0.717) is 17.7 Å². The fourth-order valence-electron chi connectivity index (χ4n) is 3.27. The minimum absolute atomic E-state index is 0.0283. The van der Waals surface area contributed by atoms with Gasteiger partial charge < -0.3 is 4.90 Å². The molecule has 3 rings (SSSR count). The number of sulfone groups is 1. The van der Waals surface area contributed by atoms with Crippen molar-refractivity contribution in [1.82, 2.24) is 4.90 Å². The molecule has 1 amide bonds. The molecule has 29 heavy (non-hydrogen) atoms. The second kappa shape index (κ2) is 7.79. The zero-order valence-corrected chi connectivity index (χ0v) is 18.2. The van der Waals surface area contributed by atoms with Crippen LogP contribution in [0.1, 0.15) is 27.9 Å². The van der Waals surface area contributed by atoms with Crippen LogP contribution in [0.3, 0.4) is 0 Å². The number of carbonyl (C=O) groups is 1. The number of aryl methyl sites for hydroxylation is 2. The van der Waals surface area contributed by atoms with E-state index in [4.69, 9.17) is 0 Å². The molecule has 0 saturated carbocycles. The van der Waals surface area contributed by atoms with Crippen LogP contribution >= 0.6 is 0 Å². The predicted octanol–water partition coefficient (Wildman–Crippen LogP) is 2.36. The number of hydrogen-bond donors (Lipinski definition) is 1. The van der Waals surface area contributed by atoms with Crippen molar-refractivity contribution in [3.63, 3.8) is 0 Å². The molecule has 0 aliphatic carbocycles. The van der Waals surface area contributed by atoms with Crippen LogP contribution in [0.2, 0.25) is 0 Å². The Bertz CT molecular complexity index is 1140. The van der Waals surface area contributed by atoms with Gasteiger partial charge in [-0.15, -0.1) is 0 Å². The van der Waals surface area contributed by atoms with E-state index in [1.165, 1.54) is 17.0 Å². The molecule has 1 aliphatic heterocycles. The van der Waals surface area contributed by atoms with Gasteiger partial charge in [-0.3, -0.25) is 9.52 Å². The van der Waals surface area contributed by atoms with Gasteiger partial charge in [-0.25, -0.2) is 16.8 Å². The van der Waals surface area contributed by atoms with Crippen molar-refractivity contribution in [2.75, 3.05) is 23.3 Å². The van der Waals surface area contributed by atoms with E-state index in [-0.39, 0.29) is 22.0 Å². The Morgan fingerprint density at radius 3 is 2.34 bits per heavy atom. The Balaban J connectivity index is 1.87. The van der Waals surface area contributed by atoms with Crippen molar-refractivity contribution in [1.29, 1.82) is 0 Å². The summed E-state index contributed by atoms with van der Waals surface area (Å²) < 4.78 is 51.5. The zero-order valence-electron chi connectivity index (χ0n) is 16.5. The van der Waals surface area contributed by atoms with Crippen LogP contribution in [-0.2, 0) is 19.9 Å². The minimum atomic E-state index is -3.88. The first-order chi connectivity index (χ1) is 13.5. The summed E-state index contributed by atoms with van der Waals surface area (Å²) in [6.45, 7) is 3.62. The third-order valence-electron chi connectivity index (χ3n) is 5.13. The van der Waals surface area contributed by atoms with Crippen molar-refractivity contribution in [2.45, 2.75) is 31.2 Å². The molecule has 1 heterocycles. The lowest BCUT2D eigenvalue weighted by molar-refractivity contribution is 0.0746. The minimum Gasteiger partial charge on any atom is -0.338 e. The molecule has 1 fully saturated rings. The smallest absolute Gasteiger partial charge is 0.261 e. The van der Waals surface area contributed by atoms with Gasteiger partial charge in [-0.2, -0.15) is 0 Å². The number of nitrogens with one attached hydrogen (secondary N) is 1. The van der Waals surface area contributed by atoms with Gasteiger partial charge in [0, 0.05) is 24.3 Å². The molecule has 1 aliphatic rings. The summed E-state index contributed by atoms with van der Waals surface area (Å²) in [5.74, 6) is -0.401. The van der Waals surface area contributed by atoms with Crippen molar-refractivity contribution < 1.29 is 21.6 Å². The molecule has 1 saturated heterocycles. The van der Waals surface area contributed by atoms with E-state index in [9.17, 15) is 21.6 Å². The average molecular weight is 437 g/mol. The fraction of sp³-hybridized carbons (Fsp3) is 0.350. The van der Waals surface area contributed by atoms with Crippen molar-refractivity contribution in [3.05, 3.63) is 59.2 Å². The standard InChI is InChI=1S/C20H24N2O5S2/c1-14-4-7-16(8-5-14)21-29(26,27)18-9-6-15(2)19(12-18)20(23)22(3)17-10-11-28(24,25)13-17/h4-9,12,17,21H,10-11,13H2,1-3H3. The highest BCUT2D eigenvalue weighted by Gasteiger charge is 2.33. The lowest BCUT2D eigenvalue weighted by Crippen LogP contribution is -2.38. The van der Waals surface area contributed by atoms with Crippen molar-refractivity contribution in [2.24, 2.45) is 0 Å². The second-order valence-corrected chi connectivity index (χ2v) is 11.3. The number of anilines is 1. The molecule has 1 atom stereocenters. The normalized spacial score (nSPS) is 18.4. The van der Waals surface area contributed by atoms with Gasteiger partial charge in [0.05, 0.1) is 16.4 Å². The molecule has 0 radical (unpaired) electrons. The Kier molecular flexibility index (Phi) is 5.73. The quantitative estimate of drug-likeness (QED) is 0.775. The topological polar surface area (TPSA) is 101 Å². The number of hydrogen-bond acceptors (Lipinski definition) is 5. The highest BCUT2D eigenvalue weighted by molar-refractivity contribution is 7.92. The summed E-state index contributed by atoms with van der Waals surface area (Å²) in [5, 5.41) is 0. The predicted molar refractivity (Wildman–Crippen MR) is 112 cm³/mol. The van der Waals surface area contributed by atoms with Crippen LogP contribution in [0, 0.1) is 13.8 Å². The summed E-state index contributed by atoms with van der Waals surface area (Å²) in [4.78, 5) is 14.3. The third kappa shape index (κ3) is 4.79. The molecule has 2 aromatic rings. The van der Waals surface area contributed by atoms with Crippen LogP contribution in [0.15, 0.2) is 47.4 Å². The van der Waals surface area contributed by atoms with E-state index in [1.54, 1.807) is 44.3 Å². The number of amides is 1. The Labute approximate surface area is 171 Å². The zero-order chi connectivity index (χ0) is 21.4. The monoisotopic (exact) mass is 436 g/mol. The summed E-state index contributed by atoms with van der Waals surface area (Å²) >= 11 is 0. The number of carbonyl (C=O) groups excluding carboxylic acids is 1. The van der Waals surface area contributed by atoms with Crippen LogP contribution in [0.5, 0.6) is 0 Å². The maximum Gasteiger partial charge on any atom is 0.261 e. The molecular formula is C20H24N2O5S2. The van der Waals surface area contributed by atoms with Gasteiger partial charge in [0.15, 0.2) is 9.84 Å². The molecule has 2 aromatic carbocycles. The van der Waals surface area contributed by atoms with Gasteiger partial charge >= 0.3 is 0 Å². The van der Waals surface area contributed by atoms with Crippen LogP contribution in [-0.4, -0.2) is 52.2 Å². The van der Waals surface area contributed by atoms with Crippen LogP contribution < -0.4 is 4.72 Å². The number of nitrogens with zero attached hydrogens (tertiary/aromatic N) is 1. The van der Waals surface area contributed by atoms with Gasteiger partial charge in [0.1, 0.15) is 0 Å². The maximum atomic E-state index is 13.0. The first-order valence-corrected chi connectivity index (χ1v) is 12.5. The van der Waals surface area contributed by atoms with E-state index < -0.39 is 31.8 Å². The van der Waals surface area contributed by atoms with Crippen molar-refractivity contribution >= 4 is 31.5 Å². The van der Waals surface area contributed by atoms with E-state index in [2.05, 4.69) is 4.72 Å². The summed E-state index contributed by atoms with van der Waals surface area (Å²) in [5.41, 5.74) is 2.30. The van der Waals surface area contributed by atoms with Gasteiger partial charge in [0.2, 0.25) is 0 Å². The fourth-order valence-corrected chi connectivity index (χ4v) is 6.13. The molecule has 7 nitrogen and oxygen atoms in total. The molecule has 1 unspecified atom stereocenters. The molecule has 0 spiro atoms. The summed E-state index contributed by atoms with van der Waals surface area (Å²) in [6, 6.07) is 10.9. The summed E-state index contributed by atoms with van der Waals surface area (Å²) in [6.07, 6.45) is 0.386.